The summed E-state index contributed by atoms with van der Waals surface area (Å²) in [6.07, 6.45) is 1.95. The highest BCUT2D eigenvalue weighted by molar-refractivity contribution is 5.79. The van der Waals surface area contributed by atoms with Crippen LogP contribution in [0.25, 0.3) is 0 Å². The third-order valence-corrected chi connectivity index (χ3v) is 3.62. The highest BCUT2D eigenvalue weighted by Crippen LogP contribution is 2.55. The molecule has 0 aromatic rings. The molecule has 0 spiro atoms. The molecule has 3 N–H and O–H groups in total. The fourth-order valence-electron chi connectivity index (χ4n) is 2.99. The third kappa shape index (κ3) is 2.37. The summed E-state index contributed by atoms with van der Waals surface area (Å²) in [5, 5.41) is 2.89. The van der Waals surface area contributed by atoms with Crippen LogP contribution in [0.3, 0.4) is 0 Å². The zero-order chi connectivity index (χ0) is 12.8. The van der Waals surface area contributed by atoms with Crippen molar-refractivity contribution in [3.05, 3.63) is 0 Å². The number of primary amides is 1. The quantitative estimate of drug-likeness (QED) is 0.760. The highest BCUT2D eigenvalue weighted by atomic mass is 16.6. The lowest BCUT2D eigenvalue weighted by atomic mass is 9.76. The van der Waals surface area contributed by atoms with Crippen LogP contribution in [0.1, 0.15) is 40.0 Å². The monoisotopic (exact) mass is 240 g/mol. The Morgan fingerprint density at radius 3 is 2.29 bits per heavy atom. The molecule has 0 saturated heterocycles. The van der Waals surface area contributed by atoms with Crippen LogP contribution in [-0.4, -0.2) is 23.1 Å². The van der Waals surface area contributed by atoms with E-state index in [0.29, 0.717) is 12.3 Å². The van der Waals surface area contributed by atoms with Crippen LogP contribution in [-0.2, 0) is 9.53 Å². The van der Waals surface area contributed by atoms with Gasteiger partial charge in [-0.3, -0.25) is 4.79 Å². The highest BCUT2D eigenvalue weighted by Gasteiger charge is 2.58. The Balaban J connectivity index is 1.90. The van der Waals surface area contributed by atoms with Crippen molar-refractivity contribution in [2.45, 2.75) is 51.2 Å². The summed E-state index contributed by atoms with van der Waals surface area (Å²) in [5.41, 5.74) is 4.59. The van der Waals surface area contributed by atoms with Gasteiger partial charge in [-0.1, -0.05) is 0 Å². The molecule has 0 aromatic heterocycles. The minimum atomic E-state index is -0.494. The Morgan fingerprint density at radius 1 is 1.29 bits per heavy atom. The molecule has 3 rings (SSSR count). The van der Waals surface area contributed by atoms with Gasteiger partial charge in [-0.15, -0.1) is 0 Å². The molecular weight excluding hydrogens is 220 g/mol. The molecule has 17 heavy (non-hydrogen) atoms. The molecule has 3 saturated carbocycles. The number of alkyl carbamates (subject to hydrolysis) is 1. The Labute approximate surface area is 101 Å². The van der Waals surface area contributed by atoms with Gasteiger partial charge < -0.3 is 15.8 Å². The zero-order valence-corrected chi connectivity index (χ0v) is 10.6. The summed E-state index contributed by atoms with van der Waals surface area (Å²) >= 11 is 0. The average molecular weight is 240 g/mol. The Kier molecular flexibility index (Phi) is 2.60. The van der Waals surface area contributed by atoms with E-state index in [0.717, 1.165) is 12.8 Å². The van der Waals surface area contributed by atoms with Crippen LogP contribution < -0.4 is 11.1 Å². The second kappa shape index (κ2) is 3.62. The second-order valence-corrected chi connectivity index (χ2v) is 6.29. The molecule has 5 heteroatoms. The van der Waals surface area contributed by atoms with Crippen molar-refractivity contribution in [3.63, 3.8) is 0 Å². The van der Waals surface area contributed by atoms with Gasteiger partial charge in [0.25, 0.3) is 0 Å². The van der Waals surface area contributed by atoms with Crippen molar-refractivity contribution < 1.29 is 14.3 Å². The van der Waals surface area contributed by atoms with Crippen LogP contribution in [0, 0.1) is 11.8 Å². The van der Waals surface area contributed by atoms with E-state index in [1.165, 1.54) is 0 Å². The van der Waals surface area contributed by atoms with Gasteiger partial charge in [-0.25, -0.2) is 4.79 Å². The Hall–Kier alpha value is -1.26. The van der Waals surface area contributed by atoms with Crippen molar-refractivity contribution in [3.8, 4) is 0 Å². The second-order valence-electron chi connectivity index (χ2n) is 6.29. The lowest BCUT2D eigenvalue weighted by molar-refractivity contribution is -0.122. The number of rotatable bonds is 2. The van der Waals surface area contributed by atoms with Gasteiger partial charge in [0.2, 0.25) is 5.91 Å². The summed E-state index contributed by atoms with van der Waals surface area (Å²) in [6.45, 7) is 5.48. The maximum Gasteiger partial charge on any atom is 0.408 e. The van der Waals surface area contributed by atoms with Gasteiger partial charge in [0, 0.05) is 11.5 Å². The summed E-state index contributed by atoms with van der Waals surface area (Å²) in [7, 11) is 0. The molecule has 1 atom stereocenters. The molecule has 2 amide bonds. The normalized spacial score (nSPS) is 35.0. The minimum Gasteiger partial charge on any atom is -0.444 e. The first-order chi connectivity index (χ1) is 7.71. The lowest BCUT2D eigenvalue weighted by Crippen LogP contribution is -2.53. The van der Waals surface area contributed by atoms with E-state index in [4.69, 9.17) is 10.5 Å². The number of nitrogens with one attached hydrogen (secondary N) is 1. The van der Waals surface area contributed by atoms with Crippen LogP contribution in [0.2, 0.25) is 0 Å². The first-order valence-electron chi connectivity index (χ1n) is 6.01. The molecule has 3 fully saturated rings. The number of hydrogen-bond acceptors (Lipinski definition) is 3. The van der Waals surface area contributed by atoms with Crippen LogP contribution in [0.5, 0.6) is 0 Å². The maximum atomic E-state index is 11.7. The van der Waals surface area contributed by atoms with E-state index in [9.17, 15) is 9.59 Å². The lowest BCUT2D eigenvalue weighted by Gasteiger charge is -2.39. The van der Waals surface area contributed by atoms with Gasteiger partial charge in [0.05, 0.1) is 0 Å². The van der Waals surface area contributed by atoms with E-state index >= 15 is 0 Å². The third-order valence-electron chi connectivity index (χ3n) is 3.62. The molecule has 2 bridgehead atoms. The standard InChI is InChI=1S/C12H20N2O3/c1-11(2,3)17-10(16)14-12-4-7(5-12)8(6-12)9(13)15/h7-8H,4-6H2,1-3H3,(H2,13,15)(H,14,16). The number of nitrogens with two attached hydrogens (primary N) is 1. The van der Waals surface area contributed by atoms with E-state index in [2.05, 4.69) is 5.32 Å². The SMILES string of the molecule is CC(C)(C)OC(=O)NC12CC(C1)C(C(N)=O)C2. The van der Waals surface area contributed by atoms with Crippen LogP contribution >= 0.6 is 0 Å². The Bertz CT molecular complexity index is 353. The van der Waals surface area contributed by atoms with E-state index in [-0.39, 0.29) is 17.4 Å². The van der Waals surface area contributed by atoms with Crippen molar-refractivity contribution >= 4 is 12.0 Å². The smallest absolute Gasteiger partial charge is 0.408 e. The zero-order valence-electron chi connectivity index (χ0n) is 10.6. The molecule has 0 radical (unpaired) electrons. The first kappa shape index (κ1) is 12.2. The number of carbonyl (C=O) groups excluding carboxylic acids is 2. The van der Waals surface area contributed by atoms with Crippen molar-refractivity contribution in [1.82, 2.24) is 5.32 Å². The van der Waals surface area contributed by atoms with Gasteiger partial charge in [-0.05, 0) is 46.0 Å². The van der Waals surface area contributed by atoms with Crippen LogP contribution in [0.4, 0.5) is 4.79 Å². The molecule has 5 nitrogen and oxygen atoms in total. The molecule has 3 aliphatic rings. The molecule has 0 aromatic carbocycles. The average Bonchev–Trinajstić information content (AvgIpc) is 2.53. The molecule has 0 heterocycles. The maximum absolute atomic E-state index is 11.7. The minimum absolute atomic E-state index is 0.0788. The van der Waals surface area contributed by atoms with Gasteiger partial charge in [-0.2, -0.15) is 0 Å². The fourth-order valence-corrected chi connectivity index (χ4v) is 2.99. The van der Waals surface area contributed by atoms with Gasteiger partial charge >= 0.3 is 6.09 Å². The summed E-state index contributed by atoms with van der Waals surface area (Å²) in [6, 6.07) is 0. The predicted molar refractivity (Wildman–Crippen MR) is 62.1 cm³/mol. The van der Waals surface area contributed by atoms with Crippen LogP contribution in [0.15, 0.2) is 0 Å². The van der Waals surface area contributed by atoms with Crippen molar-refractivity contribution in [2.75, 3.05) is 0 Å². The predicted octanol–water partition coefficient (Wildman–Crippen LogP) is 1.17. The molecule has 1 unspecified atom stereocenters. The Morgan fingerprint density at radius 2 is 1.88 bits per heavy atom. The summed E-state index contributed by atoms with van der Waals surface area (Å²) < 4.78 is 5.22. The number of carbonyl (C=O) groups is 2. The number of amides is 2. The first-order valence-corrected chi connectivity index (χ1v) is 6.01. The number of fused-ring (bicyclic) bond motifs is 1. The molecular formula is C12H20N2O3. The number of hydrogen-bond donors (Lipinski definition) is 2. The van der Waals surface area contributed by atoms with Crippen molar-refractivity contribution in [2.24, 2.45) is 17.6 Å². The van der Waals surface area contributed by atoms with Crippen molar-refractivity contribution in [1.29, 1.82) is 0 Å². The van der Waals surface area contributed by atoms with E-state index < -0.39 is 11.7 Å². The topological polar surface area (TPSA) is 81.4 Å². The molecule has 3 aliphatic carbocycles. The van der Waals surface area contributed by atoms with Gasteiger partial charge in [0.1, 0.15) is 5.60 Å². The van der Waals surface area contributed by atoms with E-state index in [1.807, 2.05) is 20.8 Å². The summed E-state index contributed by atoms with van der Waals surface area (Å²) in [5.74, 6) is 0.0211. The van der Waals surface area contributed by atoms with E-state index in [1.54, 1.807) is 0 Å². The molecule has 0 aliphatic heterocycles. The fraction of sp³-hybridized carbons (Fsp3) is 0.833. The largest absolute Gasteiger partial charge is 0.444 e. The summed E-state index contributed by atoms with van der Waals surface area (Å²) in [4.78, 5) is 22.8. The number of ether oxygens (including phenoxy) is 1. The molecule has 96 valence electrons. The van der Waals surface area contributed by atoms with Gasteiger partial charge in [0.15, 0.2) is 0 Å².